The van der Waals surface area contributed by atoms with Crippen LogP contribution in [0.5, 0.6) is 0 Å². The number of hydrogen-bond donors (Lipinski definition) is 1. The normalized spacial score (nSPS) is 25.8. The number of aromatic nitrogens is 1. The Balaban J connectivity index is 1.43. The largest absolute Gasteiger partial charge is 0.464 e. The molecule has 0 aromatic carbocycles. The third-order valence-corrected chi connectivity index (χ3v) is 7.27. The van der Waals surface area contributed by atoms with Gasteiger partial charge in [-0.25, -0.2) is 9.78 Å². The first kappa shape index (κ1) is 19.4. The lowest BCUT2D eigenvalue weighted by molar-refractivity contribution is -0.150. The van der Waals surface area contributed by atoms with Crippen LogP contribution >= 0.6 is 11.3 Å². The number of ether oxygens (including phenoxy) is 1. The Hall–Kier alpha value is -1.96. The molecular weight excluding hydrogens is 378 g/mol. The summed E-state index contributed by atoms with van der Waals surface area (Å²) in [6.07, 6.45) is 7.48. The minimum Gasteiger partial charge on any atom is -0.464 e. The molecule has 2 saturated carbocycles. The molecule has 1 unspecified atom stereocenters. The highest BCUT2D eigenvalue weighted by Crippen LogP contribution is 2.64. The molecule has 2 aliphatic carbocycles. The van der Waals surface area contributed by atoms with Crippen molar-refractivity contribution in [1.29, 1.82) is 0 Å². The van der Waals surface area contributed by atoms with Crippen LogP contribution in [0, 0.1) is 5.41 Å². The molecule has 2 amide bonds. The Morgan fingerprint density at radius 3 is 2.75 bits per heavy atom. The summed E-state index contributed by atoms with van der Waals surface area (Å²) in [6.45, 7) is 2.79. The zero-order valence-corrected chi connectivity index (χ0v) is 17.1. The first-order chi connectivity index (χ1) is 13.5. The van der Waals surface area contributed by atoms with Crippen LogP contribution in [0.1, 0.15) is 64.0 Å². The first-order valence-electron chi connectivity index (χ1n) is 10.2. The maximum atomic E-state index is 12.8. The second-order valence-corrected chi connectivity index (χ2v) is 8.98. The second kappa shape index (κ2) is 7.46. The van der Waals surface area contributed by atoms with Crippen LogP contribution in [0.4, 0.5) is 5.13 Å². The van der Waals surface area contributed by atoms with Crippen molar-refractivity contribution in [2.45, 2.75) is 70.3 Å². The predicted octanol–water partition coefficient (Wildman–Crippen LogP) is 2.58. The van der Waals surface area contributed by atoms with E-state index in [1.165, 1.54) is 17.8 Å². The van der Waals surface area contributed by atoms with Crippen LogP contribution in [0.2, 0.25) is 0 Å². The Bertz CT molecular complexity index is 786. The van der Waals surface area contributed by atoms with E-state index in [0.717, 1.165) is 32.1 Å². The van der Waals surface area contributed by atoms with E-state index in [9.17, 15) is 14.4 Å². The van der Waals surface area contributed by atoms with Crippen molar-refractivity contribution in [3.63, 3.8) is 0 Å². The fourth-order valence-corrected chi connectivity index (χ4v) is 5.73. The van der Waals surface area contributed by atoms with E-state index in [1.807, 2.05) is 5.38 Å². The zero-order valence-electron chi connectivity index (χ0n) is 16.3. The van der Waals surface area contributed by atoms with Gasteiger partial charge in [-0.2, -0.15) is 0 Å². The van der Waals surface area contributed by atoms with E-state index >= 15 is 0 Å². The van der Waals surface area contributed by atoms with Gasteiger partial charge < -0.3 is 10.1 Å². The molecule has 2 heterocycles. The maximum absolute atomic E-state index is 12.8. The van der Waals surface area contributed by atoms with E-state index in [0.29, 0.717) is 36.8 Å². The third kappa shape index (κ3) is 3.32. The van der Waals surface area contributed by atoms with E-state index in [1.54, 1.807) is 11.8 Å². The number of nitrogens with zero attached hydrogens (tertiary/aromatic N) is 2. The molecular formula is C20H27N3O4S. The van der Waals surface area contributed by atoms with Crippen LogP contribution in [0.15, 0.2) is 5.38 Å². The van der Waals surface area contributed by atoms with Crippen molar-refractivity contribution in [3.05, 3.63) is 11.1 Å². The molecule has 0 radical (unpaired) electrons. The molecule has 4 rings (SSSR count). The summed E-state index contributed by atoms with van der Waals surface area (Å²) < 4.78 is 5.32. The van der Waals surface area contributed by atoms with Crippen molar-refractivity contribution in [1.82, 2.24) is 10.3 Å². The quantitative estimate of drug-likeness (QED) is 0.735. The summed E-state index contributed by atoms with van der Waals surface area (Å²) in [5.74, 6) is -0.421. The number of thiazole rings is 1. The number of carbonyl (C=O) groups is 3. The average Bonchev–Trinajstić information content (AvgIpc) is 3.01. The van der Waals surface area contributed by atoms with Gasteiger partial charge in [0, 0.05) is 23.8 Å². The second-order valence-electron chi connectivity index (χ2n) is 8.14. The molecule has 3 aliphatic rings. The number of carbonyl (C=O) groups excluding carboxylic acids is 3. The van der Waals surface area contributed by atoms with Gasteiger partial charge in [-0.15, -0.1) is 11.3 Å². The zero-order chi connectivity index (χ0) is 19.8. The molecule has 1 aromatic rings. The van der Waals surface area contributed by atoms with Gasteiger partial charge in [-0.1, -0.05) is 19.3 Å². The summed E-state index contributed by atoms with van der Waals surface area (Å²) in [6, 6.07) is 0. The molecule has 28 heavy (non-hydrogen) atoms. The Labute approximate surface area is 168 Å². The monoisotopic (exact) mass is 405 g/mol. The fourth-order valence-electron chi connectivity index (χ4n) is 4.86. The molecule has 152 valence electrons. The topological polar surface area (TPSA) is 88.6 Å². The Morgan fingerprint density at radius 2 is 2.07 bits per heavy atom. The van der Waals surface area contributed by atoms with E-state index in [2.05, 4.69) is 10.3 Å². The van der Waals surface area contributed by atoms with Gasteiger partial charge in [0.25, 0.3) is 0 Å². The molecule has 1 aromatic heterocycles. The summed E-state index contributed by atoms with van der Waals surface area (Å²) in [4.78, 5) is 43.5. The Morgan fingerprint density at radius 1 is 1.29 bits per heavy atom. The fraction of sp³-hybridized carbons (Fsp3) is 0.700. The standard InChI is InChI=1S/C20H27N3O4S/c1-2-27-17(26)20(13-19(20)8-4-3-5-9-19)22-15(24)11-14-12-28-18(21-14)23-10-6-7-16(23)25/h12H,2-11,13H2,1H3,(H,22,24). The summed E-state index contributed by atoms with van der Waals surface area (Å²) >= 11 is 1.38. The minimum atomic E-state index is -0.871. The number of nitrogens with one attached hydrogen (secondary N) is 1. The van der Waals surface area contributed by atoms with Gasteiger partial charge in [0.05, 0.1) is 18.7 Å². The SMILES string of the molecule is CCOC(=O)C1(NC(=O)Cc2csc(N3CCCC3=O)n2)CC12CCCCC2. The highest BCUT2D eigenvalue weighted by Gasteiger charge is 2.73. The molecule has 1 N–H and O–H groups in total. The van der Waals surface area contributed by atoms with E-state index < -0.39 is 5.54 Å². The Kier molecular flexibility index (Phi) is 5.16. The highest BCUT2D eigenvalue weighted by atomic mass is 32.1. The van der Waals surface area contributed by atoms with Crippen LogP contribution in [0.25, 0.3) is 0 Å². The number of esters is 1. The minimum absolute atomic E-state index is 0.0869. The average molecular weight is 406 g/mol. The number of rotatable bonds is 6. The number of anilines is 1. The third-order valence-electron chi connectivity index (χ3n) is 6.36. The molecule has 1 aliphatic heterocycles. The van der Waals surface area contributed by atoms with Crippen molar-refractivity contribution in [2.75, 3.05) is 18.1 Å². The summed E-state index contributed by atoms with van der Waals surface area (Å²) in [5, 5.41) is 5.49. The van der Waals surface area contributed by atoms with E-state index in [-0.39, 0.29) is 29.6 Å². The lowest BCUT2D eigenvalue weighted by atomic mass is 9.82. The van der Waals surface area contributed by atoms with Gasteiger partial charge in [0.15, 0.2) is 5.13 Å². The van der Waals surface area contributed by atoms with Gasteiger partial charge in [0.2, 0.25) is 11.8 Å². The van der Waals surface area contributed by atoms with Crippen molar-refractivity contribution in [3.8, 4) is 0 Å². The highest BCUT2D eigenvalue weighted by molar-refractivity contribution is 7.14. The van der Waals surface area contributed by atoms with Crippen LogP contribution < -0.4 is 10.2 Å². The molecule has 1 spiro atoms. The maximum Gasteiger partial charge on any atom is 0.332 e. The molecule has 1 saturated heterocycles. The predicted molar refractivity (Wildman–Crippen MR) is 105 cm³/mol. The van der Waals surface area contributed by atoms with E-state index in [4.69, 9.17) is 4.74 Å². The van der Waals surface area contributed by atoms with Crippen LogP contribution in [0.3, 0.4) is 0 Å². The molecule has 8 heteroatoms. The van der Waals surface area contributed by atoms with Crippen molar-refractivity contribution in [2.24, 2.45) is 5.41 Å². The number of amides is 2. The van der Waals surface area contributed by atoms with Crippen molar-refractivity contribution < 1.29 is 19.1 Å². The summed E-state index contributed by atoms with van der Waals surface area (Å²) in [5.41, 5.74) is -0.373. The van der Waals surface area contributed by atoms with Crippen molar-refractivity contribution >= 4 is 34.3 Å². The summed E-state index contributed by atoms with van der Waals surface area (Å²) in [7, 11) is 0. The van der Waals surface area contributed by atoms with Gasteiger partial charge in [-0.3, -0.25) is 14.5 Å². The van der Waals surface area contributed by atoms with Gasteiger partial charge >= 0.3 is 5.97 Å². The lowest BCUT2D eigenvalue weighted by Gasteiger charge is -2.28. The van der Waals surface area contributed by atoms with Crippen LogP contribution in [-0.4, -0.2) is 41.5 Å². The molecule has 0 bridgehead atoms. The molecule has 3 fully saturated rings. The first-order valence-corrected chi connectivity index (χ1v) is 11.1. The van der Waals surface area contributed by atoms with Gasteiger partial charge in [-0.05, 0) is 32.6 Å². The molecule has 1 atom stereocenters. The van der Waals surface area contributed by atoms with Crippen LogP contribution in [-0.2, 0) is 25.5 Å². The lowest BCUT2D eigenvalue weighted by Crippen LogP contribution is -2.49. The van der Waals surface area contributed by atoms with Gasteiger partial charge in [0.1, 0.15) is 5.54 Å². The smallest absolute Gasteiger partial charge is 0.332 e. The molecule has 7 nitrogen and oxygen atoms in total. The number of hydrogen-bond acceptors (Lipinski definition) is 6.